The van der Waals surface area contributed by atoms with Crippen LogP contribution in [0.3, 0.4) is 0 Å². The van der Waals surface area contributed by atoms with Gasteiger partial charge in [-0.15, -0.1) is 0 Å². The summed E-state index contributed by atoms with van der Waals surface area (Å²) in [5, 5.41) is 0. The predicted molar refractivity (Wildman–Crippen MR) is 46.0 cm³/mol. The number of halogens is 6. The molecule has 0 heterocycles. The maximum atomic E-state index is 12.1. The molecule has 0 fully saturated rings. The van der Waals surface area contributed by atoms with Crippen LogP contribution in [0.1, 0.15) is 0 Å². The minimum atomic E-state index is -6.36. The van der Waals surface area contributed by atoms with E-state index in [1.165, 1.54) is 0 Å². The molecule has 0 saturated carbocycles. The first-order valence-corrected chi connectivity index (χ1v) is 6.66. The summed E-state index contributed by atoms with van der Waals surface area (Å²) in [4.78, 5) is 0. The molecule has 0 radical (unpaired) electrons. The molecule has 0 bridgehead atoms. The summed E-state index contributed by atoms with van der Waals surface area (Å²) in [6.07, 6.45) is 0. The Kier molecular flexibility index (Phi) is 3.98. The molecular formula is C2HF5INO4S2. The van der Waals surface area contributed by atoms with Gasteiger partial charge >= 0.3 is 28.8 Å². The van der Waals surface area contributed by atoms with Crippen molar-refractivity contribution in [2.24, 2.45) is 0 Å². The van der Waals surface area contributed by atoms with Crippen LogP contribution in [0, 0.1) is 0 Å². The second-order valence-corrected chi connectivity index (χ2v) is 7.72. The second-order valence-electron chi connectivity index (χ2n) is 1.98. The van der Waals surface area contributed by atoms with Crippen LogP contribution in [0.25, 0.3) is 0 Å². The van der Waals surface area contributed by atoms with Gasteiger partial charge in [-0.3, -0.25) is 0 Å². The predicted octanol–water partition coefficient (Wildman–Crippen LogP) is 0.741. The molecular weight excluding hydrogens is 388 g/mol. The molecule has 0 unspecified atom stereocenters. The lowest BCUT2D eigenvalue weighted by atomic mass is 11.6. The normalized spacial score (nSPS) is 15.3. The van der Waals surface area contributed by atoms with Gasteiger partial charge in [-0.1, -0.05) is 4.13 Å². The van der Waals surface area contributed by atoms with Gasteiger partial charge in [0.2, 0.25) is 0 Å². The Labute approximate surface area is 94.3 Å². The van der Waals surface area contributed by atoms with Gasteiger partial charge in [0.1, 0.15) is 0 Å². The van der Waals surface area contributed by atoms with Crippen molar-refractivity contribution in [1.82, 2.24) is 4.13 Å². The molecule has 0 aliphatic heterocycles. The molecule has 13 heteroatoms. The molecule has 92 valence electrons. The molecule has 0 aromatic rings. The molecule has 5 nitrogen and oxygen atoms in total. The molecule has 0 amide bonds. The lowest BCUT2D eigenvalue weighted by Crippen LogP contribution is -2.45. The maximum absolute atomic E-state index is 12.1. The van der Waals surface area contributed by atoms with Crippen LogP contribution >= 0.6 is 22.6 Å². The van der Waals surface area contributed by atoms with Crippen molar-refractivity contribution in [2.45, 2.75) is 8.77 Å². The highest BCUT2D eigenvalue weighted by Gasteiger charge is 2.53. The summed E-state index contributed by atoms with van der Waals surface area (Å²) < 4.78 is 95.3. The highest BCUT2D eigenvalue weighted by Crippen LogP contribution is 2.31. The van der Waals surface area contributed by atoms with Gasteiger partial charge in [-0.05, 0) is 0 Å². The largest absolute Gasteiger partial charge is 0.512 e. The van der Waals surface area contributed by atoms with Crippen molar-refractivity contribution in [3.8, 4) is 0 Å². The fourth-order valence-corrected chi connectivity index (χ4v) is 2.96. The topological polar surface area (TPSA) is 80.3 Å². The number of nitrogens with one attached hydrogen (secondary N) is 1. The molecule has 0 aromatic heterocycles. The van der Waals surface area contributed by atoms with E-state index in [0.717, 1.165) is 0 Å². The molecule has 0 aliphatic rings. The van der Waals surface area contributed by atoms with Crippen molar-refractivity contribution in [2.75, 3.05) is 0 Å². The smallest absolute Gasteiger partial charge is 0.204 e. The fraction of sp³-hybridized carbons (Fsp3) is 1.00. The Morgan fingerprint density at radius 3 is 1.40 bits per heavy atom. The lowest BCUT2D eigenvalue weighted by molar-refractivity contribution is -0.0441. The summed E-state index contributed by atoms with van der Waals surface area (Å²) in [6.45, 7) is 0. The first-order valence-electron chi connectivity index (χ1n) is 2.62. The van der Waals surface area contributed by atoms with Crippen molar-refractivity contribution < 1.29 is 38.8 Å². The minimum absolute atomic E-state index is 0.0280. The average Bonchev–Trinajstić information content (AvgIpc) is 1.77. The highest BCUT2D eigenvalue weighted by molar-refractivity contribution is 14.1. The van der Waals surface area contributed by atoms with Crippen LogP contribution in [0.5, 0.6) is 0 Å². The van der Waals surface area contributed by atoms with Gasteiger partial charge in [0.25, 0.3) is 0 Å². The van der Waals surface area contributed by atoms with Gasteiger partial charge in [0.05, 0.1) is 0 Å². The molecule has 0 saturated heterocycles. The Morgan fingerprint density at radius 2 is 1.20 bits per heavy atom. The molecule has 15 heavy (non-hydrogen) atoms. The summed E-state index contributed by atoms with van der Waals surface area (Å²) in [5.74, 6) is 0. The van der Waals surface area contributed by atoms with Crippen LogP contribution in [-0.4, -0.2) is 25.6 Å². The van der Waals surface area contributed by atoms with Crippen LogP contribution in [0.15, 0.2) is 0 Å². The van der Waals surface area contributed by atoms with Crippen molar-refractivity contribution >= 4 is 42.6 Å². The van der Waals surface area contributed by atoms with E-state index in [0.29, 0.717) is 0 Å². The van der Waals surface area contributed by atoms with E-state index in [1.807, 2.05) is 0 Å². The minimum Gasteiger partial charge on any atom is -0.204 e. The van der Waals surface area contributed by atoms with Crippen molar-refractivity contribution in [3.63, 3.8) is 0 Å². The highest BCUT2D eigenvalue weighted by atomic mass is 127. The Hall–Kier alpha value is 0.240. The lowest BCUT2D eigenvalue weighted by Gasteiger charge is -2.12. The molecule has 0 aliphatic carbocycles. The number of hydrogen-bond acceptors (Lipinski definition) is 4. The Bertz CT molecular complexity index is 389. The van der Waals surface area contributed by atoms with Crippen molar-refractivity contribution in [1.29, 1.82) is 0 Å². The summed E-state index contributed by atoms with van der Waals surface area (Å²) in [7, 11) is -12.3. The van der Waals surface area contributed by atoms with E-state index in [9.17, 15) is 38.8 Å². The van der Waals surface area contributed by atoms with E-state index in [2.05, 4.69) is 0 Å². The third kappa shape index (κ3) is 3.63. The molecule has 1 N–H and O–H groups in total. The number of hydrogen-bond donors (Lipinski definition) is 1. The Morgan fingerprint density at radius 1 is 0.867 bits per heavy atom. The van der Waals surface area contributed by atoms with Gasteiger partial charge in [0.15, 0.2) is 0 Å². The van der Waals surface area contributed by atoms with E-state index >= 15 is 0 Å². The quantitative estimate of drug-likeness (QED) is 0.439. The fourth-order valence-electron chi connectivity index (χ4n) is 0.239. The summed E-state index contributed by atoms with van der Waals surface area (Å²) >= 11 is -0.0280. The van der Waals surface area contributed by atoms with Crippen LogP contribution in [-0.2, 0) is 20.0 Å². The zero-order chi connectivity index (χ0) is 12.7. The average molecular weight is 389 g/mol. The summed E-state index contributed by atoms with van der Waals surface area (Å²) in [6, 6.07) is 0. The second kappa shape index (κ2) is 3.92. The van der Waals surface area contributed by atoms with E-state index in [4.69, 9.17) is 0 Å². The zero-order valence-corrected chi connectivity index (χ0v) is 10.0. The van der Waals surface area contributed by atoms with Gasteiger partial charge in [-0.2, -0.15) is 22.0 Å². The molecule has 0 atom stereocenters. The third-order valence-corrected chi connectivity index (χ3v) is 5.54. The summed E-state index contributed by atoms with van der Waals surface area (Å²) in [5.41, 5.74) is -5.98. The van der Waals surface area contributed by atoms with Gasteiger partial charge in [0, 0.05) is 22.6 Å². The zero-order valence-electron chi connectivity index (χ0n) is 6.22. The number of alkyl halides is 6. The van der Waals surface area contributed by atoms with Crippen LogP contribution in [0.4, 0.5) is 22.0 Å². The maximum Gasteiger partial charge on any atom is 0.512 e. The first kappa shape index (κ1) is 15.2. The van der Waals surface area contributed by atoms with Crippen LogP contribution < -0.4 is 4.13 Å². The van der Waals surface area contributed by atoms with E-state index < -0.39 is 28.8 Å². The van der Waals surface area contributed by atoms with E-state index in [1.54, 1.807) is 0 Å². The van der Waals surface area contributed by atoms with Crippen molar-refractivity contribution in [3.05, 3.63) is 0 Å². The first-order chi connectivity index (χ1) is 6.21. The monoisotopic (exact) mass is 389 g/mol. The number of sulfonamides is 2. The Balaban J connectivity index is 5.28. The molecule has 0 spiro atoms. The van der Waals surface area contributed by atoms with E-state index in [-0.39, 0.29) is 26.7 Å². The van der Waals surface area contributed by atoms with Gasteiger partial charge < -0.3 is 0 Å². The third-order valence-electron chi connectivity index (χ3n) is 0.829. The van der Waals surface area contributed by atoms with Crippen LogP contribution in [0.2, 0.25) is 0 Å². The molecule has 0 aromatic carbocycles. The molecule has 0 rings (SSSR count). The van der Waals surface area contributed by atoms with Gasteiger partial charge in [-0.25, -0.2) is 16.8 Å². The SMILES string of the molecule is O=S(=O)(NS(=O)(=O)C(F)(F)I)C(F)(F)F. The number of rotatable bonds is 3. The standard InChI is InChI=1S/C2HF5INO4S2/c3-1(4,5)14(10,11)9-15(12,13)2(6,7)8/h9H.